The highest BCUT2D eigenvalue weighted by Crippen LogP contribution is 2.29. The lowest BCUT2D eigenvalue weighted by Crippen LogP contribution is -2.43. The Hall–Kier alpha value is -2.37. The van der Waals surface area contributed by atoms with E-state index in [-0.39, 0.29) is 11.8 Å². The Bertz CT molecular complexity index is 796. The van der Waals surface area contributed by atoms with Crippen LogP contribution in [0.3, 0.4) is 0 Å². The lowest BCUT2D eigenvalue weighted by Gasteiger charge is -2.23. The van der Waals surface area contributed by atoms with E-state index in [1.807, 2.05) is 31.2 Å². The highest BCUT2D eigenvalue weighted by atomic mass is 16.2. The summed E-state index contributed by atoms with van der Waals surface area (Å²) in [7, 11) is 0. The molecule has 170 valence electrons. The topological polar surface area (TPSA) is 87.8 Å². The third-order valence-electron chi connectivity index (χ3n) is 6.47. The summed E-state index contributed by atoms with van der Waals surface area (Å²) in [6.45, 7) is 7.28. The van der Waals surface area contributed by atoms with Crippen molar-refractivity contribution in [3.05, 3.63) is 35.4 Å². The molecule has 1 unspecified atom stereocenters. The van der Waals surface area contributed by atoms with Crippen molar-refractivity contribution >= 4 is 17.8 Å². The van der Waals surface area contributed by atoms with Crippen molar-refractivity contribution in [1.29, 1.82) is 0 Å². The van der Waals surface area contributed by atoms with Crippen molar-refractivity contribution in [2.45, 2.75) is 84.2 Å². The van der Waals surface area contributed by atoms with Crippen LogP contribution in [-0.4, -0.2) is 34.8 Å². The third kappa shape index (κ3) is 6.31. The second kappa shape index (κ2) is 10.3. The van der Waals surface area contributed by atoms with Gasteiger partial charge in [0.25, 0.3) is 5.91 Å². The first-order valence-electron chi connectivity index (χ1n) is 11.8. The van der Waals surface area contributed by atoms with Gasteiger partial charge in [-0.25, -0.2) is 4.99 Å². The van der Waals surface area contributed by atoms with Crippen molar-refractivity contribution < 1.29 is 9.59 Å². The van der Waals surface area contributed by atoms with Crippen LogP contribution in [0.1, 0.15) is 76.8 Å². The second-order valence-corrected chi connectivity index (χ2v) is 9.86. The quantitative estimate of drug-likeness (QED) is 0.630. The smallest absolute Gasteiger partial charge is 0.257 e. The molecule has 1 heterocycles. The molecule has 2 amide bonds. The minimum Gasteiger partial charge on any atom is -0.369 e. The van der Waals surface area contributed by atoms with E-state index in [2.05, 4.69) is 24.2 Å². The lowest BCUT2D eigenvalue weighted by molar-refractivity contribution is -0.131. The van der Waals surface area contributed by atoms with Gasteiger partial charge in [0.15, 0.2) is 5.96 Å². The van der Waals surface area contributed by atoms with Crippen molar-refractivity contribution in [2.75, 3.05) is 6.54 Å². The van der Waals surface area contributed by atoms with Crippen LogP contribution < -0.4 is 11.1 Å². The monoisotopic (exact) mass is 426 g/mol. The summed E-state index contributed by atoms with van der Waals surface area (Å²) in [5.41, 5.74) is 7.44. The average Bonchev–Trinajstić information content (AvgIpc) is 2.94. The Morgan fingerprint density at radius 3 is 2.48 bits per heavy atom. The molecule has 6 heteroatoms. The molecule has 3 N–H and O–H groups in total. The first-order chi connectivity index (χ1) is 14.8. The Balaban J connectivity index is 1.46. The molecule has 6 nitrogen and oxygen atoms in total. The number of carbonyl (C=O) groups is 2. The van der Waals surface area contributed by atoms with Crippen LogP contribution in [0.15, 0.2) is 29.3 Å². The lowest BCUT2D eigenvalue weighted by atomic mass is 9.89. The number of aliphatic imine (C=N–C) groups is 1. The van der Waals surface area contributed by atoms with Gasteiger partial charge in [-0.2, -0.15) is 0 Å². The van der Waals surface area contributed by atoms with Crippen LogP contribution in [-0.2, 0) is 22.6 Å². The third-order valence-corrected chi connectivity index (χ3v) is 6.47. The number of hydrogen-bond donors (Lipinski definition) is 2. The predicted octanol–water partition coefficient (Wildman–Crippen LogP) is 3.78. The molecule has 0 saturated heterocycles. The van der Waals surface area contributed by atoms with Gasteiger partial charge in [-0.3, -0.25) is 14.5 Å². The standard InChI is InChI=1S/C25H38N4O2/c1-18(2)15-25(3)23(31)29(24(26)28-25)17-21-11-9-19(10-12-21)13-14-22(30)27-16-20-7-5-4-6-8-20/h9-12,18,20H,4-8,13-17H2,1-3H3,(H2,26,28)(H,27,30). The number of nitrogens with one attached hydrogen (secondary N) is 1. The number of rotatable bonds is 9. The molecule has 1 atom stereocenters. The van der Waals surface area contributed by atoms with E-state index in [9.17, 15) is 9.59 Å². The van der Waals surface area contributed by atoms with Gasteiger partial charge in [0.2, 0.25) is 5.91 Å². The first kappa shape index (κ1) is 23.3. The van der Waals surface area contributed by atoms with Gasteiger partial charge >= 0.3 is 0 Å². The zero-order valence-electron chi connectivity index (χ0n) is 19.3. The molecule has 1 aromatic carbocycles. The van der Waals surface area contributed by atoms with Gasteiger partial charge in [0.1, 0.15) is 5.54 Å². The van der Waals surface area contributed by atoms with Crippen LogP contribution in [0, 0.1) is 11.8 Å². The van der Waals surface area contributed by atoms with Gasteiger partial charge in [0.05, 0.1) is 6.54 Å². The maximum Gasteiger partial charge on any atom is 0.257 e. The summed E-state index contributed by atoms with van der Waals surface area (Å²) in [5, 5.41) is 3.10. The molecular weight excluding hydrogens is 388 g/mol. The molecule has 1 aliphatic carbocycles. The molecule has 1 aliphatic heterocycles. The summed E-state index contributed by atoms with van der Waals surface area (Å²) in [6, 6.07) is 8.08. The largest absolute Gasteiger partial charge is 0.369 e. The Kier molecular flexibility index (Phi) is 7.74. The van der Waals surface area contributed by atoms with Crippen LogP contribution in [0.2, 0.25) is 0 Å². The minimum absolute atomic E-state index is 0.0302. The molecule has 0 aromatic heterocycles. The maximum absolute atomic E-state index is 12.9. The Morgan fingerprint density at radius 2 is 1.84 bits per heavy atom. The number of nitrogens with zero attached hydrogens (tertiary/aromatic N) is 2. The molecule has 3 rings (SSSR count). The van der Waals surface area contributed by atoms with Gasteiger partial charge in [-0.1, -0.05) is 57.4 Å². The summed E-state index contributed by atoms with van der Waals surface area (Å²) in [4.78, 5) is 31.1. The minimum atomic E-state index is -0.761. The van der Waals surface area contributed by atoms with Gasteiger partial charge in [0, 0.05) is 13.0 Å². The SMILES string of the molecule is CC(C)CC1(C)N=C(N)N(Cc2ccc(CCC(=O)NCC3CCCCC3)cc2)C1=O. The zero-order chi connectivity index (χ0) is 22.4. The highest BCUT2D eigenvalue weighted by Gasteiger charge is 2.43. The molecular formula is C25H38N4O2. The van der Waals surface area contributed by atoms with Gasteiger partial charge < -0.3 is 11.1 Å². The summed E-state index contributed by atoms with van der Waals surface area (Å²) < 4.78 is 0. The molecule has 1 fully saturated rings. The van der Waals surface area contributed by atoms with Crippen molar-refractivity contribution in [3.63, 3.8) is 0 Å². The normalized spacial score (nSPS) is 22.1. The Morgan fingerprint density at radius 1 is 1.19 bits per heavy atom. The van der Waals surface area contributed by atoms with Crippen LogP contribution >= 0.6 is 0 Å². The van der Waals surface area contributed by atoms with Crippen molar-refractivity contribution in [2.24, 2.45) is 22.6 Å². The summed E-state index contributed by atoms with van der Waals surface area (Å²) in [5.74, 6) is 1.42. The number of hydrogen-bond acceptors (Lipinski definition) is 4. The van der Waals surface area contributed by atoms with E-state index >= 15 is 0 Å². The summed E-state index contributed by atoms with van der Waals surface area (Å²) >= 11 is 0. The molecule has 1 aromatic rings. The summed E-state index contributed by atoms with van der Waals surface area (Å²) in [6.07, 6.45) is 8.32. The number of benzene rings is 1. The van der Waals surface area contributed by atoms with E-state index in [0.717, 1.165) is 24.1 Å². The number of carbonyl (C=O) groups excluding carboxylic acids is 2. The van der Waals surface area contributed by atoms with E-state index in [4.69, 9.17) is 5.73 Å². The van der Waals surface area contributed by atoms with E-state index in [1.165, 1.54) is 32.1 Å². The highest BCUT2D eigenvalue weighted by molar-refractivity contribution is 6.06. The molecule has 0 bridgehead atoms. The molecule has 31 heavy (non-hydrogen) atoms. The number of aryl methyl sites for hydroxylation is 1. The first-order valence-corrected chi connectivity index (χ1v) is 11.8. The second-order valence-electron chi connectivity index (χ2n) is 9.86. The fourth-order valence-electron chi connectivity index (χ4n) is 4.83. The molecule has 2 aliphatic rings. The maximum atomic E-state index is 12.9. The number of guanidine groups is 1. The fraction of sp³-hybridized carbons (Fsp3) is 0.640. The van der Waals surface area contributed by atoms with E-state index < -0.39 is 5.54 Å². The van der Waals surface area contributed by atoms with Gasteiger partial charge in [-0.15, -0.1) is 0 Å². The number of amides is 2. The number of nitrogens with two attached hydrogens (primary N) is 1. The fourth-order valence-corrected chi connectivity index (χ4v) is 4.83. The van der Waals surface area contributed by atoms with Crippen molar-refractivity contribution in [3.8, 4) is 0 Å². The van der Waals surface area contributed by atoms with Crippen LogP contribution in [0.25, 0.3) is 0 Å². The molecule has 1 saturated carbocycles. The molecule has 0 radical (unpaired) electrons. The molecule has 0 spiro atoms. The van der Waals surface area contributed by atoms with Crippen molar-refractivity contribution in [1.82, 2.24) is 10.2 Å². The van der Waals surface area contributed by atoms with Gasteiger partial charge in [-0.05, 0) is 55.6 Å². The van der Waals surface area contributed by atoms with Crippen LogP contribution in [0.5, 0.6) is 0 Å². The van der Waals surface area contributed by atoms with E-state index in [1.54, 1.807) is 4.90 Å². The Labute approximate surface area is 186 Å². The zero-order valence-corrected chi connectivity index (χ0v) is 19.3. The predicted molar refractivity (Wildman–Crippen MR) is 124 cm³/mol. The van der Waals surface area contributed by atoms with E-state index in [0.29, 0.717) is 37.2 Å². The van der Waals surface area contributed by atoms with Crippen LogP contribution in [0.4, 0.5) is 0 Å². The average molecular weight is 427 g/mol.